The Kier molecular flexibility index (Phi) is 7.45. The molecule has 3 aliphatic rings. The minimum absolute atomic E-state index is 0.00978. The number of hydrogen-bond acceptors (Lipinski definition) is 10. The largest absolute Gasteiger partial charge is 0.493 e. The van der Waals surface area contributed by atoms with Gasteiger partial charge < -0.3 is 14.6 Å². The van der Waals surface area contributed by atoms with Crippen molar-refractivity contribution in [3.63, 3.8) is 0 Å². The van der Waals surface area contributed by atoms with Crippen molar-refractivity contribution in [3.8, 4) is 5.75 Å². The third-order valence-electron chi connectivity index (χ3n) is 7.74. The van der Waals surface area contributed by atoms with E-state index in [0.29, 0.717) is 30.2 Å². The van der Waals surface area contributed by atoms with Crippen LogP contribution in [-0.4, -0.2) is 80.4 Å². The zero-order valence-corrected chi connectivity index (χ0v) is 24.9. The van der Waals surface area contributed by atoms with Crippen LogP contribution >= 0.6 is 11.8 Å². The summed E-state index contributed by atoms with van der Waals surface area (Å²) >= 11 is 6.32. The van der Waals surface area contributed by atoms with E-state index in [1.54, 1.807) is 17.0 Å². The van der Waals surface area contributed by atoms with Gasteiger partial charge in [0, 0.05) is 61.4 Å². The molecule has 0 saturated carbocycles. The highest BCUT2D eigenvalue weighted by atomic mass is 35.5. The van der Waals surface area contributed by atoms with Crippen LogP contribution in [-0.2, 0) is 27.8 Å². The highest BCUT2D eigenvalue weighted by Gasteiger charge is 2.40. The summed E-state index contributed by atoms with van der Waals surface area (Å²) in [5.74, 6) is 0.313. The highest BCUT2D eigenvalue weighted by molar-refractivity contribution is 7.98. The van der Waals surface area contributed by atoms with Crippen LogP contribution in [0.2, 0.25) is 0 Å². The number of hydrogen-bond donors (Lipinski definition) is 1. The second-order valence-corrected chi connectivity index (χ2v) is 12.9. The summed E-state index contributed by atoms with van der Waals surface area (Å²) in [6.07, 6.45) is 7.94. The number of amides is 1. The molecule has 0 fully saturated rings. The van der Waals surface area contributed by atoms with E-state index >= 15 is 0 Å². The molecule has 6 rings (SSSR count). The molecular formula is C27H31ClN8O5S. The molecule has 222 valence electrons. The maximum absolute atomic E-state index is 13.9. The van der Waals surface area contributed by atoms with Crippen LogP contribution in [0.15, 0.2) is 47.5 Å². The standard InChI is InChI=1S/C27H31ClN8O5S/c1-17(2)33(3)15-18-4-5-20-22(7-11-40-25(20)12-18)35-16-19(31-32-35)13-23-26(37)29-8-10-36(23)42(38,39)27-21-14-30-41-24(21)6-9-34(27)28/h4-6,8,10,12,14,16-17,22-23H,7,9,11,13,15H2,1-3H3,(H,29,37). The topological polar surface area (TPSA) is 139 Å². The third-order valence-corrected chi connectivity index (χ3v) is 10.0. The number of aromatic nitrogens is 4. The Bertz CT molecular complexity index is 1770. The normalized spacial score (nSPS) is 20.3. The maximum Gasteiger partial charge on any atom is 0.281 e. The first-order valence-corrected chi connectivity index (χ1v) is 15.4. The van der Waals surface area contributed by atoms with Gasteiger partial charge in [-0.2, -0.15) is 8.42 Å². The van der Waals surface area contributed by atoms with Gasteiger partial charge in [0.1, 0.15) is 11.8 Å². The van der Waals surface area contributed by atoms with Gasteiger partial charge in [0.25, 0.3) is 10.0 Å². The number of ether oxygens (including phenoxy) is 1. The lowest BCUT2D eigenvalue weighted by Gasteiger charge is -2.33. The van der Waals surface area contributed by atoms with Crippen molar-refractivity contribution in [2.24, 2.45) is 0 Å². The van der Waals surface area contributed by atoms with Crippen molar-refractivity contribution in [2.45, 2.75) is 51.4 Å². The molecule has 3 aromatic rings. The summed E-state index contributed by atoms with van der Waals surface area (Å²) in [5, 5.41) is 15.0. The van der Waals surface area contributed by atoms with Crippen molar-refractivity contribution in [3.05, 3.63) is 70.4 Å². The summed E-state index contributed by atoms with van der Waals surface area (Å²) in [5.41, 5.74) is 2.91. The number of sulfonamides is 1. The number of halogens is 1. The van der Waals surface area contributed by atoms with Gasteiger partial charge in [-0.3, -0.25) is 18.4 Å². The van der Waals surface area contributed by atoms with E-state index in [1.807, 2.05) is 0 Å². The van der Waals surface area contributed by atoms with Gasteiger partial charge in [0.05, 0.1) is 36.3 Å². The van der Waals surface area contributed by atoms with Crippen LogP contribution < -0.4 is 20.7 Å². The van der Waals surface area contributed by atoms with Gasteiger partial charge in [-0.1, -0.05) is 22.5 Å². The van der Waals surface area contributed by atoms with E-state index < -0.39 is 22.0 Å². The zero-order valence-electron chi connectivity index (χ0n) is 23.3. The van der Waals surface area contributed by atoms with Gasteiger partial charge in [-0.05, 0) is 38.6 Å². The fourth-order valence-corrected chi connectivity index (χ4v) is 7.36. The summed E-state index contributed by atoms with van der Waals surface area (Å²) in [7, 11) is -2.20. The molecule has 1 amide bonds. The van der Waals surface area contributed by atoms with Crippen LogP contribution in [0, 0.1) is 0 Å². The first-order valence-electron chi connectivity index (χ1n) is 13.6. The van der Waals surface area contributed by atoms with Crippen molar-refractivity contribution < 1.29 is 22.5 Å². The van der Waals surface area contributed by atoms with Crippen LogP contribution in [0.25, 0.3) is 11.1 Å². The first kappa shape index (κ1) is 28.2. The molecule has 2 aromatic heterocycles. The minimum Gasteiger partial charge on any atom is -0.493 e. The van der Waals surface area contributed by atoms with Crippen molar-refractivity contribution >= 4 is 38.8 Å². The molecule has 0 radical (unpaired) electrons. The molecule has 5 heterocycles. The van der Waals surface area contributed by atoms with Gasteiger partial charge >= 0.3 is 0 Å². The van der Waals surface area contributed by atoms with E-state index in [4.69, 9.17) is 21.0 Å². The smallest absolute Gasteiger partial charge is 0.281 e. The van der Waals surface area contributed by atoms with Crippen LogP contribution in [0.5, 0.6) is 5.75 Å². The Morgan fingerprint density at radius 1 is 1.29 bits per heavy atom. The molecule has 13 nitrogen and oxygen atoms in total. The molecule has 0 spiro atoms. The van der Waals surface area contributed by atoms with Crippen molar-refractivity contribution in [1.82, 2.24) is 39.1 Å². The monoisotopic (exact) mass is 614 g/mol. The molecule has 0 aliphatic carbocycles. The Morgan fingerprint density at radius 3 is 2.93 bits per heavy atom. The average Bonchev–Trinajstić information content (AvgIpc) is 3.63. The molecule has 0 bridgehead atoms. The van der Waals surface area contributed by atoms with Crippen molar-refractivity contribution in [1.29, 1.82) is 0 Å². The number of benzene rings is 1. The molecule has 2 unspecified atom stereocenters. The summed E-state index contributed by atoms with van der Waals surface area (Å²) in [6, 6.07) is 5.41. The highest BCUT2D eigenvalue weighted by Crippen LogP contribution is 2.35. The summed E-state index contributed by atoms with van der Waals surface area (Å²) in [6.45, 7) is 5.72. The number of nitrogens with zero attached hydrogens (tertiary/aromatic N) is 7. The number of carbonyl (C=O) groups excluding carboxylic acids is 1. The van der Waals surface area contributed by atoms with Crippen LogP contribution in [0.4, 0.5) is 0 Å². The lowest BCUT2D eigenvalue weighted by Crippen LogP contribution is -2.52. The first-order chi connectivity index (χ1) is 20.1. The lowest BCUT2D eigenvalue weighted by molar-refractivity contribution is -0.124. The quantitative estimate of drug-likeness (QED) is 0.360. The second-order valence-electron chi connectivity index (χ2n) is 10.8. The number of rotatable bonds is 8. The van der Waals surface area contributed by atoms with E-state index in [0.717, 1.165) is 32.1 Å². The van der Waals surface area contributed by atoms with Gasteiger partial charge in [0.2, 0.25) is 5.91 Å². The van der Waals surface area contributed by atoms with E-state index in [-0.39, 0.29) is 29.3 Å². The van der Waals surface area contributed by atoms with E-state index in [1.165, 1.54) is 18.6 Å². The number of carbonyl (C=O) groups is 1. The van der Waals surface area contributed by atoms with Gasteiger partial charge in [-0.15, -0.1) is 5.10 Å². The number of fused-ring (bicyclic) bond motifs is 2. The molecule has 1 aromatic carbocycles. The fourth-order valence-electron chi connectivity index (χ4n) is 5.25. The SMILES string of the molecule is CC(C)N(C)Cc1ccc2c(c1)OCCC2n1cc(CC2C(=O)NC=CN2S(=O)(=O)C2=c3cnoc3=CCN2Cl)nn1. The van der Waals surface area contributed by atoms with Crippen LogP contribution in [0.1, 0.15) is 43.1 Å². The Labute approximate surface area is 247 Å². The van der Waals surface area contributed by atoms with Crippen LogP contribution in [0.3, 0.4) is 0 Å². The average molecular weight is 615 g/mol. The molecule has 3 aliphatic heterocycles. The predicted octanol–water partition coefficient (Wildman–Crippen LogP) is 0.638. The van der Waals surface area contributed by atoms with Gasteiger partial charge in [-0.25, -0.2) is 4.68 Å². The van der Waals surface area contributed by atoms with Crippen molar-refractivity contribution in [2.75, 3.05) is 20.2 Å². The molecule has 42 heavy (non-hydrogen) atoms. The summed E-state index contributed by atoms with van der Waals surface area (Å²) in [4.78, 5) is 15.3. The van der Waals surface area contributed by atoms with E-state index in [9.17, 15) is 13.2 Å². The third kappa shape index (κ3) is 5.14. The zero-order chi connectivity index (χ0) is 29.6. The molecular weight excluding hydrogens is 584 g/mol. The predicted molar refractivity (Wildman–Crippen MR) is 153 cm³/mol. The molecule has 2 atom stereocenters. The fraction of sp³-hybridized carbons (Fsp3) is 0.407. The lowest BCUT2D eigenvalue weighted by atomic mass is 9.98. The Balaban J connectivity index is 1.26. The van der Waals surface area contributed by atoms with E-state index in [2.05, 4.69) is 64.8 Å². The minimum atomic E-state index is -4.29. The molecule has 1 N–H and O–H groups in total. The summed E-state index contributed by atoms with van der Waals surface area (Å²) < 4.78 is 42.7. The Hall–Kier alpha value is -3.88. The number of nitrogens with one attached hydrogen (secondary N) is 1. The van der Waals surface area contributed by atoms with Gasteiger partial charge in [0.15, 0.2) is 10.4 Å². The molecule has 15 heteroatoms. The molecule has 0 saturated heterocycles. The maximum atomic E-state index is 13.9. The Morgan fingerprint density at radius 2 is 2.12 bits per heavy atom. The second kappa shape index (κ2) is 11.1.